The van der Waals surface area contributed by atoms with Crippen LogP contribution in [0.15, 0.2) is 53.1 Å². The van der Waals surface area contributed by atoms with Gasteiger partial charge in [0.25, 0.3) is 0 Å². The SMILES string of the molecule is CC(C)c1ccc(-c2noc(CCC(=O)N3CCN(c4ccc(F)cc4)CC3)n2)cc1. The number of piperazine rings is 1. The predicted molar refractivity (Wildman–Crippen MR) is 117 cm³/mol. The van der Waals surface area contributed by atoms with Crippen molar-refractivity contribution in [2.75, 3.05) is 31.1 Å². The summed E-state index contributed by atoms with van der Waals surface area (Å²) in [7, 11) is 0. The lowest BCUT2D eigenvalue weighted by Gasteiger charge is -2.36. The normalized spacial score (nSPS) is 14.3. The van der Waals surface area contributed by atoms with Gasteiger partial charge in [-0.3, -0.25) is 4.79 Å². The number of aryl methyl sites for hydroxylation is 1. The van der Waals surface area contributed by atoms with Crippen molar-refractivity contribution in [2.24, 2.45) is 0 Å². The Morgan fingerprint density at radius 3 is 2.35 bits per heavy atom. The maximum Gasteiger partial charge on any atom is 0.227 e. The number of carbonyl (C=O) groups is 1. The molecule has 1 aromatic heterocycles. The number of nitrogens with zero attached hydrogens (tertiary/aromatic N) is 4. The van der Waals surface area contributed by atoms with Crippen molar-refractivity contribution >= 4 is 11.6 Å². The van der Waals surface area contributed by atoms with Crippen molar-refractivity contribution in [3.63, 3.8) is 0 Å². The average Bonchev–Trinajstić information content (AvgIpc) is 3.27. The van der Waals surface area contributed by atoms with Gasteiger partial charge in [0.1, 0.15) is 5.82 Å². The second kappa shape index (κ2) is 9.29. The standard InChI is InChI=1S/C24H27FN4O2/c1-17(2)18-3-5-19(6-4-18)24-26-22(31-27-24)11-12-23(30)29-15-13-28(14-16-29)21-9-7-20(25)8-10-21/h3-10,17H,11-16H2,1-2H3. The molecule has 6 nitrogen and oxygen atoms in total. The van der Waals surface area contributed by atoms with Crippen LogP contribution in [0.5, 0.6) is 0 Å². The second-order valence-corrected chi connectivity index (χ2v) is 8.13. The number of benzene rings is 2. The Morgan fingerprint density at radius 2 is 1.71 bits per heavy atom. The second-order valence-electron chi connectivity index (χ2n) is 8.13. The Labute approximate surface area is 181 Å². The van der Waals surface area contributed by atoms with E-state index >= 15 is 0 Å². The van der Waals surface area contributed by atoms with Crippen LogP contribution in [-0.4, -0.2) is 47.1 Å². The first kappa shape index (κ1) is 21.0. The van der Waals surface area contributed by atoms with Crippen LogP contribution in [0.1, 0.15) is 37.6 Å². The van der Waals surface area contributed by atoms with E-state index in [1.165, 1.54) is 17.7 Å². The number of hydrogen-bond acceptors (Lipinski definition) is 5. The highest BCUT2D eigenvalue weighted by Crippen LogP contribution is 2.21. The lowest BCUT2D eigenvalue weighted by molar-refractivity contribution is -0.131. The van der Waals surface area contributed by atoms with Crippen molar-refractivity contribution < 1.29 is 13.7 Å². The fraction of sp³-hybridized carbons (Fsp3) is 0.375. The molecule has 1 saturated heterocycles. The van der Waals surface area contributed by atoms with Crippen molar-refractivity contribution in [1.82, 2.24) is 15.0 Å². The smallest absolute Gasteiger partial charge is 0.227 e. The van der Waals surface area contributed by atoms with Gasteiger partial charge in [-0.05, 0) is 35.7 Å². The van der Waals surface area contributed by atoms with Crippen LogP contribution in [0.25, 0.3) is 11.4 Å². The van der Waals surface area contributed by atoms with E-state index in [0.717, 1.165) is 24.3 Å². The summed E-state index contributed by atoms with van der Waals surface area (Å²) < 4.78 is 18.4. The zero-order valence-electron chi connectivity index (χ0n) is 17.9. The fourth-order valence-corrected chi connectivity index (χ4v) is 3.73. The summed E-state index contributed by atoms with van der Waals surface area (Å²) in [6, 6.07) is 14.6. The van der Waals surface area contributed by atoms with E-state index in [1.807, 2.05) is 17.0 Å². The number of halogens is 1. The van der Waals surface area contributed by atoms with E-state index < -0.39 is 0 Å². The van der Waals surface area contributed by atoms with E-state index in [4.69, 9.17) is 4.52 Å². The molecular weight excluding hydrogens is 395 g/mol. The number of anilines is 1. The number of rotatable bonds is 6. The quantitative estimate of drug-likeness (QED) is 0.593. The summed E-state index contributed by atoms with van der Waals surface area (Å²) in [5.74, 6) is 1.33. The molecule has 2 heterocycles. The first-order valence-electron chi connectivity index (χ1n) is 10.7. The molecule has 0 bridgehead atoms. The highest BCUT2D eigenvalue weighted by atomic mass is 19.1. The van der Waals surface area contributed by atoms with Crippen molar-refractivity contribution in [3.05, 3.63) is 65.8 Å². The largest absolute Gasteiger partial charge is 0.368 e. The molecule has 4 rings (SSSR count). The van der Waals surface area contributed by atoms with E-state index in [9.17, 15) is 9.18 Å². The van der Waals surface area contributed by atoms with Crippen LogP contribution in [-0.2, 0) is 11.2 Å². The van der Waals surface area contributed by atoms with Gasteiger partial charge in [0.2, 0.25) is 17.6 Å². The maximum absolute atomic E-state index is 13.1. The van der Waals surface area contributed by atoms with Crippen LogP contribution < -0.4 is 4.90 Å². The van der Waals surface area contributed by atoms with Gasteiger partial charge >= 0.3 is 0 Å². The first-order chi connectivity index (χ1) is 15.0. The van der Waals surface area contributed by atoms with Crippen LogP contribution in [0, 0.1) is 5.82 Å². The molecule has 31 heavy (non-hydrogen) atoms. The minimum absolute atomic E-state index is 0.0831. The van der Waals surface area contributed by atoms with Gasteiger partial charge in [0, 0.05) is 50.3 Å². The average molecular weight is 423 g/mol. The minimum Gasteiger partial charge on any atom is -0.368 e. The van der Waals surface area contributed by atoms with Gasteiger partial charge < -0.3 is 14.3 Å². The fourth-order valence-electron chi connectivity index (χ4n) is 3.73. The number of hydrogen-bond donors (Lipinski definition) is 0. The van der Waals surface area contributed by atoms with Crippen LogP contribution >= 0.6 is 0 Å². The van der Waals surface area contributed by atoms with Gasteiger partial charge in [0.05, 0.1) is 0 Å². The summed E-state index contributed by atoms with van der Waals surface area (Å²) in [6.07, 6.45) is 0.762. The zero-order valence-corrected chi connectivity index (χ0v) is 17.9. The molecule has 0 aliphatic carbocycles. The molecule has 162 valence electrons. The maximum atomic E-state index is 13.1. The van der Waals surface area contributed by atoms with Crippen LogP contribution in [0.4, 0.5) is 10.1 Å². The van der Waals surface area contributed by atoms with Crippen molar-refractivity contribution in [1.29, 1.82) is 0 Å². The summed E-state index contributed by atoms with van der Waals surface area (Å²) in [6.45, 7) is 7.06. The highest BCUT2D eigenvalue weighted by Gasteiger charge is 2.22. The molecule has 3 aromatic rings. The summed E-state index contributed by atoms with van der Waals surface area (Å²) in [4.78, 5) is 21.1. The summed E-state index contributed by atoms with van der Waals surface area (Å²) >= 11 is 0. The number of carbonyl (C=O) groups excluding carboxylic acids is 1. The van der Waals surface area contributed by atoms with E-state index in [-0.39, 0.29) is 11.7 Å². The zero-order chi connectivity index (χ0) is 21.8. The van der Waals surface area contributed by atoms with Gasteiger partial charge in [-0.1, -0.05) is 43.3 Å². The molecule has 1 fully saturated rings. The molecule has 0 spiro atoms. The molecule has 0 unspecified atom stereocenters. The van der Waals surface area contributed by atoms with Gasteiger partial charge in [-0.15, -0.1) is 0 Å². The molecule has 1 aliphatic heterocycles. The van der Waals surface area contributed by atoms with Crippen molar-refractivity contribution in [3.8, 4) is 11.4 Å². The molecule has 1 aliphatic rings. The Morgan fingerprint density at radius 1 is 1.03 bits per heavy atom. The lowest BCUT2D eigenvalue weighted by Crippen LogP contribution is -2.48. The molecule has 1 amide bonds. The van der Waals surface area contributed by atoms with E-state index in [2.05, 4.69) is 41.0 Å². The molecule has 0 N–H and O–H groups in total. The van der Waals surface area contributed by atoms with E-state index in [1.54, 1.807) is 12.1 Å². The molecule has 0 radical (unpaired) electrons. The molecule has 2 aromatic carbocycles. The van der Waals surface area contributed by atoms with E-state index in [0.29, 0.717) is 43.6 Å². The number of aromatic nitrogens is 2. The Balaban J connectivity index is 1.27. The lowest BCUT2D eigenvalue weighted by atomic mass is 10.0. The first-order valence-corrected chi connectivity index (χ1v) is 10.7. The monoisotopic (exact) mass is 422 g/mol. The topological polar surface area (TPSA) is 62.5 Å². The van der Waals surface area contributed by atoms with Crippen molar-refractivity contribution in [2.45, 2.75) is 32.6 Å². The van der Waals surface area contributed by atoms with Gasteiger partial charge in [-0.2, -0.15) is 4.98 Å². The Bertz CT molecular complexity index is 1010. The van der Waals surface area contributed by atoms with Gasteiger partial charge in [0.15, 0.2) is 0 Å². The predicted octanol–water partition coefficient (Wildman–Crippen LogP) is 4.28. The van der Waals surface area contributed by atoms with Gasteiger partial charge in [-0.25, -0.2) is 4.39 Å². The Hall–Kier alpha value is -3.22. The molecule has 7 heteroatoms. The number of amides is 1. The third-order valence-corrected chi connectivity index (χ3v) is 5.68. The molecular formula is C24H27FN4O2. The summed E-state index contributed by atoms with van der Waals surface area (Å²) in [5.41, 5.74) is 3.15. The van der Waals surface area contributed by atoms with Crippen LogP contribution in [0.3, 0.4) is 0 Å². The summed E-state index contributed by atoms with van der Waals surface area (Å²) in [5, 5.41) is 4.06. The molecule has 0 atom stereocenters. The highest BCUT2D eigenvalue weighted by molar-refractivity contribution is 5.76. The third kappa shape index (κ3) is 5.10. The minimum atomic E-state index is -0.241. The third-order valence-electron chi connectivity index (χ3n) is 5.68. The Kier molecular flexibility index (Phi) is 6.30. The molecule has 0 saturated carbocycles. The van der Waals surface area contributed by atoms with Crippen LogP contribution in [0.2, 0.25) is 0 Å².